The number of benzene rings is 2. The van der Waals surface area contributed by atoms with Gasteiger partial charge in [0.2, 0.25) is 5.91 Å². The molecule has 24 heavy (non-hydrogen) atoms. The average Bonchev–Trinajstić information content (AvgIpc) is 2.55. The summed E-state index contributed by atoms with van der Waals surface area (Å²) >= 11 is 0. The largest absolute Gasteiger partial charge is 0.481 e. The third-order valence-corrected chi connectivity index (χ3v) is 3.44. The Morgan fingerprint density at radius 2 is 1.67 bits per heavy atom. The van der Waals surface area contributed by atoms with E-state index >= 15 is 0 Å². The predicted molar refractivity (Wildman–Crippen MR) is 93.9 cm³/mol. The quantitative estimate of drug-likeness (QED) is 0.857. The Balaban J connectivity index is 1.84. The summed E-state index contributed by atoms with van der Waals surface area (Å²) in [4.78, 5) is 23.1. The summed E-state index contributed by atoms with van der Waals surface area (Å²) in [5.74, 6) is 0.260. The van der Waals surface area contributed by atoms with E-state index in [1.807, 2.05) is 31.2 Å². The number of ether oxygens (including phenoxy) is 1. The number of aryl methyl sites for hydroxylation is 1. The molecule has 0 aliphatic rings. The van der Waals surface area contributed by atoms with Crippen LogP contribution in [0.2, 0.25) is 0 Å². The molecule has 0 heterocycles. The summed E-state index contributed by atoms with van der Waals surface area (Å²) in [7, 11) is 0. The molecule has 2 amide bonds. The topological polar surface area (TPSA) is 67.4 Å². The Bertz CT molecular complexity index is 694. The minimum Gasteiger partial charge on any atom is -0.481 e. The molecule has 1 atom stereocenters. The van der Waals surface area contributed by atoms with Crippen LogP contribution in [0.15, 0.2) is 48.5 Å². The van der Waals surface area contributed by atoms with Crippen molar-refractivity contribution in [1.82, 2.24) is 5.32 Å². The highest BCUT2D eigenvalue weighted by Gasteiger charge is 2.14. The Hall–Kier alpha value is -2.82. The number of carbonyl (C=O) groups is 2. The first kappa shape index (κ1) is 17.5. The third kappa shape index (κ3) is 5.43. The van der Waals surface area contributed by atoms with Gasteiger partial charge >= 0.3 is 0 Å². The van der Waals surface area contributed by atoms with E-state index in [2.05, 4.69) is 10.6 Å². The Morgan fingerprint density at radius 3 is 2.25 bits per heavy atom. The molecule has 0 aliphatic carbocycles. The van der Waals surface area contributed by atoms with Crippen LogP contribution >= 0.6 is 0 Å². The van der Waals surface area contributed by atoms with Crippen molar-refractivity contribution in [2.24, 2.45) is 0 Å². The summed E-state index contributed by atoms with van der Waals surface area (Å²) in [5, 5.41) is 5.53. The molecule has 0 aliphatic heterocycles. The van der Waals surface area contributed by atoms with E-state index in [4.69, 9.17) is 4.74 Å². The van der Waals surface area contributed by atoms with Crippen LogP contribution in [-0.4, -0.2) is 17.9 Å². The highest BCUT2D eigenvalue weighted by molar-refractivity contribution is 5.88. The van der Waals surface area contributed by atoms with Crippen LogP contribution in [0.3, 0.4) is 0 Å². The third-order valence-electron chi connectivity index (χ3n) is 3.44. The molecule has 0 fully saturated rings. The van der Waals surface area contributed by atoms with Gasteiger partial charge in [-0.2, -0.15) is 0 Å². The highest BCUT2D eigenvalue weighted by Crippen LogP contribution is 2.17. The Labute approximate surface area is 142 Å². The number of rotatable bonds is 6. The van der Waals surface area contributed by atoms with Crippen molar-refractivity contribution in [2.75, 3.05) is 5.32 Å². The van der Waals surface area contributed by atoms with Crippen LogP contribution in [0.4, 0.5) is 5.69 Å². The fourth-order valence-corrected chi connectivity index (χ4v) is 2.12. The molecule has 5 nitrogen and oxygen atoms in total. The molecule has 0 saturated carbocycles. The maximum absolute atomic E-state index is 12.1. The van der Waals surface area contributed by atoms with Gasteiger partial charge in [-0.1, -0.05) is 29.8 Å². The average molecular weight is 326 g/mol. The number of nitrogens with one attached hydrogen (secondary N) is 2. The molecule has 2 rings (SSSR count). The molecular formula is C19H22N2O3. The predicted octanol–water partition coefficient (Wildman–Crippen LogP) is 3.04. The number of anilines is 1. The maximum Gasteiger partial charge on any atom is 0.261 e. The summed E-state index contributed by atoms with van der Waals surface area (Å²) in [6.45, 7) is 5.64. The van der Waals surface area contributed by atoms with Gasteiger partial charge in [0.05, 0.1) is 0 Å². The molecule has 0 radical (unpaired) electrons. The van der Waals surface area contributed by atoms with Gasteiger partial charge in [-0.05, 0) is 43.7 Å². The van der Waals surface area contributed by atoms with Gasteiger partial charge in [0.15, 0.2) is 6.10 Å². The van der Waals surface area contributed by atoms with Crippen molar-refractivity contribution in [2.45, 2.75) is 33.4 Å². The normalized spacial score (nSPS) is 11.5. The van der Waals surface area contributed by atoms with Crippen LogP contribution in [0, 0.1) is 6.92 Å². The lowest BCUT2D eigenvalue weighted by atomic mass is 10.1. The molecule has 0 bridgehead atoms. The van der Waals surface area contributed by atoms with Crippen molar-refractivity contribution in [3.05, 3.63) is 59.7 Å². The molecule has 0 saturated heterocycles. The first-order valence-electron chi connectivity index (χ1n) is 7.81. The zero-order valence-corrected chi connectivity index (χ0v) is 14.1. The monoisotopic (exact) mass is 326 g/mol. The highest BCUT2D eigenvalue weighted by atomic mass is 16.5. The van der Waals surface area contributed by atoms with Gasteiger partial charge in [0.25, 0.3) is 5.91 Å². The molecule has 0 aromatic heterocycles. The summed E-state index contributed by atoms with van der Waals surface area (Å²) < 4.78 is 5.62. The first-order chi connectivity index (χ1) is 11.4. The van der Waals surface area contributed by atoms with E-state index < -0.39 is 6.10 Å². The SMILES string of the molecule is CC(=O)Nc1ccc(O[C@@H](C)C(=O)NCc2ccc(C)cc2)cc1. The van der Waals surface area contributed by atoms with Crippen LogP contribution < -0.4 is 15.4 Å². The summed E-state index contributed by atoms with van der Waals surface area (Å²) in [5.41, 5.74) is 2.91. The number of carbonyl (C=O) groups excluding carboxylic acids is 2. The fraction of sp³-hybridized carbons (Fsp3) is 0.263. The Morgan fingerprint density at radius 1 is 1.04 bits per heavy atom. The van der Waals surface area contributed by atoms with Gasteiger partial charge in [0.1, 0.15) is 5.75 Å². The van der Waals surface area contributed by atoms with Gasteiger partial charge in [0, 0.05) is 19.2 Å². The molecule has 5 heteroatoms. The fourth-order valence-electron chi connectivity index (χ4n) is 2.12. The molecule has 126 valence electrons. The number of amides is 2. The standard InChI is InChI=1S/C19H22N2O3/c1-13-4-6-16(7-5-13)12-20-19(23)14(2)24-18-10-8-17(9-11-18)21-15(3)22/h4-11,14H,12H2,1-3H3,(H,20,23)(H,21,22)/t14-/m0/s1. The molecular weight excluding hydrogens is 304 g/mol. The molecule has 2 aromatic carbocycles. The van der Waals surface area contributed by atoms with Gasteiger partial charge in [-0.25, -0.2) is 0 Å². The maximum atomic E-state index is 12.1. The van der Waals surface area contributed by atoms with E-state index in [0.29, 0.717) is 18.0 Å². The molecule has 2 aromatic rings. The molecule has 2 N–H and O–H groups in total. The van der Waals surface area contributed by atoms with Crippen LogP contribution in [0.5, 0.6) is 5.75 Å². The van der Waals surface area contributed by atoms with Crippen LogP contribution in [-0.2, 0) is 16.1 Å². The lowest BCUT2D eigenvalue weighted by Gasteiger charge is -2.15. The van der Waals surface area contributed by atoms with Crippen LogP contribution in [0.1, 0.15) is 25.0 Å². The number of hydrogen-bond donors (Lipinski definition) is 2. The van der Waals surface area contributed by atoms with E-state index in [1.54, 1.807) is 31.2 Å². The van der Waals surface area contributed by atoms with E-state index in [0.717, 1.165) is 5.56 Å². The van der Waals surface area contributed by atoms with Crippen molar-refractivity contribution in [1.29, 1.82) is 0 Å². The molecule has 0 unspecified atom stereocenters. The summed E-state index contributed by atoms with van der Waals surface area (Å²) in [6.07, 6.45) is -0.609. The van der Waals surface area contributed by atoms with E-state index in [9.17, 15) is 9.59 Å². The Kier molecular flexibility index (Phi) is 5.95. The zero-order valence-electron chi connectivity index (χ0n) is 14.1. The van der Waals surface area contributed by atoms with Crippen molar-refractivity contribution >= 4 is 17.5 Å². The van der Waals surface area contributed by atoms with Crippen LogP contribution in [0.25, 0.3) is 0 Å². The van der Waals surface area contributed by atoms with Crippen molar-refractivity contribution < 1.29 is 14.3 Å². The smallest absolute Gasteiger partial charge is 0.261 e. The minimum absolute atomic E-state index is 0.132. The van der Waals surface area contributed by atoms with E-state index in [-0.39, 0.29) is 11.8 Å². The van der Waals surface area contributed by atoms with Gasteiger partial charge < -0.3 is 15.4 Å². The number of hydrogen-bond acceptors (Lipinski definition) is 3. The van der Waals surface area contributed by atoms with E-state index in [1.165, 1.54) is 12.5 Å². The minimum atomic E-state index is -0.609. The molecule has 0 spiro atoms. The van der Waals surface area contributed by atoms with Crippen molar-refractivity contribution in [3.8, 4) is 5.75 Å². The lowest BCUT2D eigenvalue weighted by Crippen LogP contribution is -2.35. The van der Waals surface area contributed by atoms with Crippen molar-refractivity contribution in [3.63, 3.8) is 0 Å². The van der Waals surface area contributed by atoms with Gasteiger partial charge in [-0.3, -0.25) is 9.59 Å². The van der Waals surface area contributed by atoms with Gasteiger partial charge in [-0.15, -0.1) is 0 Å². The summed E-state index contributed by atoms with van der Waals surface area (Å²) in [6, 6.07) is 14.9. The lowest BCUT2D eigenvalue weighted by molar-refractivity contribution is -0.127. The second kappa shape index (κ2) is 8.15. The first-order valence-corrected chi connectivity index (χ1v) is 7.81. The zero-order chi connectivity index (χ0) is 17.5. The second-order valence-corrected chi connectivity index (χ2v) is 5.67. The second-order valence-electron chi connectivity index (χ2n) is 5.67.